The second-order valence-corrected chi connectivity index (χ2v) is 5.14. The van der Waals surface area contributed by atoms with Gasteiger partial charge in [-0.2, -0.15) is 5.10 Å². The van der Waals surface area contributed by atoms with Crippen LogP contribution in [0.1, 0.15) is 31.2 Å². The lowest BCUT2D eigenvalue weighted by molar-refractivity contribution is 0.542. The zero-order valence-corrected chi connectivity index (χ0v) is 10.7. The molecular formula is C11H16Cl2N2. The first-order valence-electron chi connectivity index (χ1n) is 5.38. The Morgan fingerprint density at radius 3 is 2.53 bits per heavy atom. The minimum atomic E-state index is 0.310. The molecule has 0 spiro atoms. The molecule has 15 heavy (non-hydrogen) atoms. The first kappa shape index (κ1) is 11.3. The molecule has 1 aliphatic rings. The van der Waals surface area contributed by atoms with E-state index in [9.17, 15) is 0 Å². The van der Waals surface area contributed by atoms with E-state index in [4.69, 9.17) is 23.2 Å². The van der Waals surface area contributed by atoms with Crippen molar-refractivity contribution in [3.63, 3.8) is 0 Å². The maximum absolute atomic E-state index is 6.29. The number of rotatable bonds is 4. The molecule has 1 saturated carbocycles. The van der Waals surface area contributed by atoms with Gasteiger partial charge in [-0.25, -0.2) is 0 Å². The van der Waals surface area contributed by atoms with Crippen molar-refractivity contribution >= 4 is 23.2 Å². The molecule has 0 saturated heterocycles. The fourth-order valence-corrected chi connectivity index (χ4v) is 2.62. The maximum Gasteiger partial charge on any atom is 0.0849 e. The number of halogens is 2. The number of nitrogens with zero attached hydrogens (tertiary/aromatic N) is 2. The Hall–Kier alpha value is -0.210. The first-order chi connectivity index (χ1) is 7.12. The highest BCUT2D eigenvalue weighted by molar-refractivity contribution is 6.31. The summed E-state index contributed by atoms with van der Waals surface area (Å²) in [5.74, 6) is 0.732. The molecular weight excluding hydrogens is 231 g/mol. The number of hydrogen-bond donors (Lipinski definition) is 0. The van der Waals surface area contributed by atoms with E-state index in [0.29, 0.717) is 5.41 Å². The van der Waals surface area contributed by atoms with Crippen LogP contribution in [-0.2, 0) is 19.9 Å². The third kappa shape index (κ3) is 2.02. The van der Waals surface area contributed by atoms with Gasteiger partial charge in [0, 0.05) is 12.9 Å². The second-order valence-electron chi connectivity index (χ2n) is 4.49. The number of aryl methyl sites for hydroxylation is 2. The van der Waals surface area contributed by atoms with Gasteiger partial charge in [0.15, 0.2) is 0 Å². The molecule has 0 bridgehead atoms. The average molecular weight is 247 g/mol. The topological polar surface area (TPSA) is 17.8 Å². The molecule has 1 fully saturated rings. The summed E-state index contributed by atoms with van der Waals surface area (Å²) in [5.41, 5.74) is 2.45. The highest BCUT2D eigenvalue weighted by atomic mass is 35.5. The second kappa shape index (κ2) is 3.99. The van der Waals surface area contributed by atoms with Gasteiger partial charge in [-0.3, -0.25) is 4.68 Å². The van der Waals surface area contributed by atoms with Crippen LogP contribution in [0.5, 0.6) is 0 Å². The van der Waals surface area contributed by atoms with Crippen molar-refractivity contribution in [2.24, 2.45) is 12.5 Å². The fourth-order valence-electron chi connectivity index (χ4n) is 1.90. The summed E-state index contributed by atoms with van der Waals surface area (Å²) < 4.78 is 1.91. The molecule has 4 heteroatoms. The third-order valence-corrected chi connectivity index (χ3v) is 4.29. The summed E-state index contributed by atoms with van der Waals surface area (Å²) in [6.45, 7) is 2.08. The van der Waals surface area contributed by atoms with Gasteiger partial charge in [-0.15, -0.1) is 11.6 Å². The van der Waals surface area contributed by atoms with Gasteiger partial charge in [0.05, 0.1) is 16.4 Å². The summed E-state index contributed by atoms with van der Waals surface area (Å²) in [4.78, 5) is 0. The van der Waals surface area contributed by atoms with Crippen LogP contribution in [0.4, 0.5) is 0 Å². The van der Waals surface area contributed by atoms with Crippen molar-refractivity contribution < 1.29 is 0 Å². The van der Waals surface area contributed by atoms with Gasteiger partial charge in [0.1, 0.15) is 0 Å². The van der Waals surface area contributed by atoms with E-state index in [1.807, 2.05) is 11.7 Å². The molecule has 0 unspecified atom stereocenters. The van der Waals surface area contributed by atoms with Crippen LogP contribution in [0.25, 0.3) is 0 Å². The zero-order valence-electron chi connectivity index (χ0n) is 9.19. The Morgan fingerprint density at radius 2 is 2.13 bits per heavy atom. The van der Waals surface area contributed by atoms with Crippen molar-refractivity contribution in [2.75, 3.05) is 5.88 Å². The monoisotopic (exact) mass is 246 g/mol. The van der Waals surface area contributed by atoms with Crippen LogP contribution in [0, 0.1) is 5.41 Å². The largest absolute Gasteiger partial charge is 0.271 e. The van der Waals surface area contributed by atoms with Crippen molar-refractivity contribution in [1.29, 1.82) is 0 Å². The highest BCUT2D eigenvalue weighted by Crippen LogP contribution is 2.50. The van der Waals surface area contributed by atoms with Crippen molar-refractivity contribution in [3.8, 4) is 0 Å². The average Bonchev–Trinajstić information content (AvgIpc) is 2.96. The van der Waals surface area contributed by atoms with Crippen molar-refractivity contribution in [3.05, 3.63) is 16.4 Å². The molecule has 0 atom stereocenters. The van der Waals surface area contributed by atoms with E-state index in [0.717, 1.165) is 35.1 Å². The lowest BCUT2D eigenvalue weighted by Crippen LogP contribution is -2.10. The Bertz CT molecular complexity index is 367. The normalized spacial score (nSPS) is 18.1. The van der Waals surface area contributed by atoms with Gasteiger partial charge in [-0.1, -0.05) is 18.5 Å². The molecule has 0 aliphatic heterocycles. The quantitative estimate of drug-likeness (QED) is 0.747. The van der Waals surface area contributed by atoms with Crippen LogP contribution < -0.4 is 0 Å². The third-order valence-electron chi connectivity index (χ3n) is 3.29. The SMILES string of the molecule is CCc1nn(C)c(CC2(CCl)CC2)c1Cl. The van der Waals surface area contributed by atoms with Gasteiger partial charge < -0.3 is 0 Å². The van der Waals surface area contributed by atoms with E-state index in [1.54, 1.807) is 0 Å². The molecule has 1 heterocycles. The molecule has 2 nitrogen and oxygen atoms in total. The Kier molecular flexibility index (Phi) is 3.00. The van der Waals surface area contributed by atoms with Gasteiger partial charge >= 0.3 is 0 Å². The first-order valence-corrected chi connectivity index (χ1v) is 6.29. The molecule has 2 rings (SSSR count). The number of aromatic nitrogens is 2. The molecule has 1 aliphatic carbocycles. The lowest BCUT2D eigenvalue weighted by Gasteiger charge is -2.11. The minimum Gasteiger partial charge on any atom is -0.271 e. The number of hydrogen-bond acceptors (Lipinski definition) is 1. The van der Waals surface area contributed by atoms with Gasteiger partial charge in [0.2, 0.25) is 0 Å². The number of alkyl halides is 1. The van der Waals surface area contributed by atoms with E-state index < -0.39 is 0 Å². The van der Waals surface area contributed by atoms with Crippen LogP contribution in [0.15, 0.2) is 0 Å². The predicted molar refractivity (Wildman–Crippen MR) is 63.7 cm³/mol. The summed E-state index contributed by atoms with van der Waals surface area (Å²) in [7, 11) is 1.96. The van der Waals surface area contributed by atoms with Crippen LogP contribution in [0.2, 0.25) is 5.02 Å². The van der Waals surface area contributed by atoms with Crippen LogP contribution in [0.3, 0.4) is 0 Å². The fraction of sp³-hybridized carbons (Fsp3) is 0.727. The summed E-state index contributed by atoms with van der Waals surface area (Å²) in [6.07, 6.45) is 4.30. The van der Waals surface area contributed by atoms with Crippen LogP contribution >= 0.6 is 23.2 Å². The van der Waals surface area contributed by atoms with Gasteiger partial charge in [0.25, 0.3) is 0 Å². The Labute approximate surface area is 101 Å². The minimum absolute atomic E-state index is 0.310. The highest BCUT2D eigenvalue weighted by Gasteiger charge is 2.43. The maximum atomic E-state index is 6.29. The predicted octanol–water partition coefficient (Wildman–Crippen LogP) is 3.20. The van der Waals surface area contributed by atoms with Crippen LogP contribution in [-0.4, -0.2) is 15.7 Å². The molecule has 1 aromatic heterocycles. The summed E-state index contributed by atoms with van der Waals surface area (Å²) >= 11 is 12.3. The standard InChI is InChI=1S/C11H16Cl2N2/c1-3-8-10(13)9(15(2)14-8)6-11(7-12)4-5-11/h3-7H2,1-2H3. The molecule has 1 aromatic rings. The molecule has 0 aromatic carbocycles. The molecule has 0 N–H and O–H groups in total. The summed E-state index contributed by atoms with van der Waals surface area (Å²) in [5, 5.41) is 5.26. The molecule has 0 amide bonds. The van der Waals surface area contributed by atoms with Crippen molar-refractivity contribution in [2.45, 2.75) is 32.6 Å². The smallest absolute Gasteiger partial charge is 0.0849 e. The van der Waals surface area contributed by atoms with Gasteiger partial charge in [-0.05, 0) is 31.1 Å². The zero-order chi connectivity index (χ0) is 11.1. The van der Waals surface area contributed by atoms with Crippen molar-refractivity contribution in [1.82, 2.24) is 9.78 Å². The Balaban J connectivity index is 2.24. The molecule has 0 radical (unpaired) electrons. The van der Waals surface area contributed by atoms with E-state index in [1.165, 1.54) is 12.8 Å². The van der Waals surface area contributed by atoms with E-state index >= 15 is 0 Å². The lowest BCUT2D eigenvalue weighted by atomic mass is 10.0. The van der Waals surface area contributed by atoms with E-state index in [2.05, 4.69) is 12.0 Å². The Morgan fingerprint density at radius 1 is 1.47 bits per heavy atom. The molecule has 84 valence electrons. The van der Waals surface area contributed by atoms with E-state index in [-0.39, 0.29) is 0 Å². The summed E-state index contributed by atoms with van der Waals surface area (Å²) in [6, 6.07) is 0.